The quantitative estimate of drug-likeness (QED) is 0.308. The van der Waals surface area contributed by atoms with Gasteiger partial charge in [0.1, 0.15) is 5.75 Å². The Hall–Kier alpha value is -2.84. The first-order chi connectivity index (χ1) is 15.0. The smallest absolute Gasteiger partial charge is 0.206 e. The predicted molar refractivity (Wildman–Crippen MR) is 130 cm³/mol. The van der Waals surface area contributed by atoms with Crippen LogP contribution in [0.15, 0.2) is 68.5 Å². The molecule has 0 radical (unpaired) electrons. The minimum atomic E-state index is 0.535. The Labute approximate surface area is 194 Å². The number of thiazole rings is 1. The summed E-state index contributed by atoms with van der Waals surface area (Å²) in [6.45, 7) is 6.43. The number of nitrogens with zero attached hydrogens (tertiary/aromatic N) is 3. The van der Waals surface area contributed by atoms with Crippen LogP contribution in [0.4, 0.5) is 0 Å². The van der Waals surface area contributed by atoms with Gasteiger partial charge in [-0.05, 0) is 25.1 Å². The third-order valence-corrected chi connectivity index (χ3v) is 5.69. The highest BCUT2D eigenvalue weighted by molar-refractivity contribution is 9.10. The van der Waals surface area contributed by atoms with Crippen molar-refractivity contribution >= 4 is 33.5 Å². The molecule has 0 saturated heterocycles. The molecule has 0 aliphatic rings. The number of rotatable bonds is 8. The van der Waals surface area contributed by atoms with E-state index in [4.69, 9.17) is 19.3 Å². The normalized spacial score (nSPS) is 11.7. The lowest BCUT2D eigenvalue weighted by atomic mass is 10.2. The van der Waals surface area contributed by atoms with Gasteiger partial charge in [0.25, 0.3) is 0 Å². The lowest BCUT2D eigenvalue weighted by Gasteiger charge is -2.12. The summed E-state index contributed by atoms with van der Waals surface area (Å²) in [5.41, 5.74) is 3.70. The van der Waals surface area contributed by atoms with Crippen LogP contribution in [0.3, 0.4) is 0 Å². The number of hydrogen-bond acceptors (Lipinski definition) is 6. The van der Waals surface area contributed by atoms with Gasteiger partial charge >= 0.3 is 0 Å². The van der Waals surface area contributed by atoms with Gasteiger partial charge in [-0.1, -0.05) is 40.2 Å². The van der Waals surface area contributed by atoms with E-state index in [0.717, 1.165) is 31.7 Å². The third-order valence-electron chi connectivity index (χ3n) is 4.34. The SMILES string of the molecule is C=C(C)CN=c1scc(-c2cccc(Br)c2)n1N=Cc1cc(OC)c(OC)cc1OC. The molecule has 8 heteroatoms. The standard InChI is InChI=1S/C23H24BrN3O3S/c1-15(2)12-25-23-27(19(14-31-23)16-7-6-8-18(24)9-16)26-13-17-10-21(29-4)22(30-5)11-20(17)28-3/h6-11,13-14H,1,12H2,2-5H3. The van der Waals surface area contributed by atoms with Gasteiger partial charge in [0, 0.05) is 27.0 Å². The van der Waals surface area contributed by atoms with Gasteiger partial charge in [-0.2, -0.15) is 5.10 Å². The maximum Gasteiger partial charge on any atom is 0.206 e. The summed E-state index contributed by atoms with van der Waals surface area (Å²) >= 11 is 5.07. The maximum atomic E-state index is 5.52. The minimum Gasteiger partial charge on any atom is -0.496 e. The Kier molecular flexibility index (Phi) is 7.70. The molecule has 0 atom stereocenters. The van der Waals surface area contributed by atoms with Crippen LogP contribution in [0.2, 0.25) is 0 Å². The largest absolute Gasteiger partial charge is 0.496 e. The summed E-state index contributed by atoms with van der Waals surface area (Å²) in [5.74, 6) is 1.81. The van der Waals surface area contributed by atoms with Crippen molar-refractivity contribution in [3.63, 3.8) is 0 Å². The monoisotopic (exact) mass is 501 g/mol. The van der Waals surface area contributed by atoms with E-state index in [9.17, 15) is 0 Å². The Morgan fingerprint density at radius 3 is 2.45 bits per heavy atom. The van der Waals surface area contributed by atoms with Crippen LogP contribution in [-0.4, -0.2) is 38.8 Å². The zero-order chi connectivity index (χ0) is 22.4. The van der Waals surface area contributed by atoms with Crippen molar-refractivity contribution in [1.82, 2.24) is 4.68 Å². The lowest BCUT2D eigenvalue weighted by Crippen LogP contribution is -2.13. The van der Waals surface area contributed by atoms with E-state index in [1.54, 1.807) is 33.6 Å². The number of hydrogen-bond donors (Lipinski definition) is 0. The second-order valence-electron chi connectivity index (χ2n) is 6.69. The maximum absolute atomic E-state index is 5.52. The van der Waals surface area contributed by atoms with Gasteiger partial charge in [-0.25, -0.2) is 4.68 Å². The van der Waals surface area contributed by atoms with Crippen LogP contribution in [0.1, 0.15) is 12.5 Å². The van der Waals surface area contributed by atoms with E-state index in [1.165, 1.54) is 11.3 Å². The molecule has 3 rings (SSSR count). The highest BCUT2D eigenvalue weighted by atomic mass is 79.9. The molecule has 0 fully saturated rings. The summed E-state index contributed by atoms with van der Waals surface area (Å²) in [4.78, 5) is 5.44. The van der Waals surface area contributed by atoms with E-state index >= 15 is 0 Å². The molecule has 0 bridgehead atoms. The zero-order valence-electron chi connectivity index (χ0n) is 17.9. The van der Waals surface area contributed by atoms with Crippen LogP contribution in [0, 0.1) is 0 Å². The molecular formula is C23H24BrN3O3S. The van der Waals surface area contributed by atoms with Crippen LogP contribution in [0.5, 0.6) is 17.2 Å². The van der Waals surface area contributed by atoms with Crippen LogP contribution in [-0.2, 0) is 0 Å². The second kappa shape index (κ2) is 10.5. The summed E-state index contributed by atoms with van der Waals surface area (Å²) in [7, 11) is 4.79. The molecule has 0 aliphatic heterocycles. The fourth-order valence-corrected chi connectivity index (χ4v) is 4.08. The Bertz CT molecular complexity index is 1180. The number of benzene rings is 2. The van der Waals surface area contributed by atoms with Crippen molar-refractivity contribution in [1.29, 1.82) is 0 Å². The van der Waals surface area contributed by atoms with Gasteiger partial charge in [-0.3, -0.25) is 4.99 Å². The first-order valence-corrected chi connectivity index (χ1v) is 11.1. The molecule has 31 heavy (non-hydrogen) atoms. The van der Waals surface area contributed by atoms with Crippen molar-refractivity contribution in [2.75, 3.05) is 27.9 Å². The van der Waals surface area contributed by atoms with E-state index in [-0.39, 0.29) is 0 Å². The van der Waals surface area contributed by atoms with Crippen LogP contribution >= 0.6 is 27.3 Å². The summed E-state index contributed by atoms with van der Waals surface area (Å²) in [5, 5.41) is 6.79. The van der Waals surface area contributed by atoms with Crippen molar-refractivity contribution < 1.29 is 14.2 Å². The summed E-state index contributed by atoms with van der Waals surface area (Å²) in [6, 6.07) is 11.7. The van der Waals surface area contributed by atoms with Gasteiger partial charge in [0.2, 0.25) is 4.80 Å². The van der Waals surface area contributed by atoms with Crippen molar-refractivity contribution in [2.24, 2.45) is 10.1 Å². The molecular weight excluding hydrogens is 478 g/mol. The van der Waals surface area contributed by atoms with E-state index < -0.39 is 0 Å². The van der Waals surface area contributed by atoms with Crippen LogP contribution < -0.4 is 19.0 Å². The minimum absolute atomic E-state index is 0.535. The average Bonchev–Trinajstić information content (AvgIpc) is 3.18. The number of ether oxygens (including phenoxy) is 3. The van der Waals surface area contributed by atoms with Crippen molar-refractivity contribution in [3.8, 4) is 28.5 Å². The average molecular weight is 502 g/mol. The van der Waals surface area contributed by atoms with E-state index in [0.29, 0.717) is 23.8 Å². The van der Waals surface area contributed by atoms with Gasteiger partial charge in [0.05, 0.1) is 39.8 Å². The Morgan fingerprint density at radius 2 is 1.81 bits per heavy atom. The molecule has 0 aliphatic carbocycles. The van der Waals surface area contributed by atoms with E-state index in [2.05, 4.69) is 27.5 Å². The fourth-order valence-electron chi connectivity index (χ4n) is 2.84. The molecule has 162 valence electrons. The van der Waals surface area contributed by atoms with Crippen molar-refractivity contribution in [2.45, 2.75) is 6.92 Å². The topological polar surface area (TPSA) is 57.3 Å². The first kappa shape index (κ1) is 22.8. The molecule has 6 nitrogen and oxygen atoms in total. The first-order valence-electron chi connectivity index (χ1n) is 9.42. The highest BCUT2D eigenvalue weighted by Gasteiger charge is 2.12. The number of halogens is 1. The molecule has 0 N–H and O–H groups in total. The van der Waals surface area contributed by atoms with Crippen molar-refractivity contribution in [3.05, 3.63) is 68.8 Å². The Balaban J connectivity index is 2.13. The predicted octanol–water partition coefficient (Wildman–Crippen LogP) is 5.36. The highest BCUT2D eigenvalue weighted by Crippen LogP contribution is 2.34. The van der Waals surface area contributed by atoms with E-state index in [1.807, 2.05) is 47.3 Å². The van der Waals surface area contributed by atoms with Gasteiger partial charge in [0.15, 0.2) is 11.5 Å². The lowest BCUT2D eigenvalue weighted by molar-refractivity contribution is 0.349. The summed E-state index contributed by atoms with van der Waals surface area (Å²) in [6.07, 6.45) is 1.73. The molecule has 0 amide bonds. The molecule has 0 spiro atoms. The molecule has 3 aromatic rings. The molecule has 0 saturated carbocycles. The number of aromatic nitrogens is 1. The fraction of sp³-hybridized carbons (Fsp3) is 0.217. The third kappa shape index (κ3) is 5.45. The molecule has 1 heterocycles. The second-order valence-corrected chi connectivity index (χ2v) is 8.44. The van der Waals surface area contributed by atoms with Gasteiger partial charge < -0.3 is 14.2 Å². The number of methoxy groups -OCH3 is 3. The van der Waals surface area contributed by atoms with Crippen LogP contribution in [0.25, 0.3) is 11.3 Å². The molecule has 0 unspecified atom stereocenters. The zero-order valence-corrected chi connectivity index (χ0v) is 20.3. The Morgan fingerprint density at radius 1 is 1.10 bits per heavy atom. The summed E-state index contributed by atoms with van der Waals surface area (Å²) < 4.78 is 19.1. The molecule has 2 aromatic carbocycles. The van der Waals surface area contributed by atoms with Gasteiger partial charge in [-0.15, -0.1) is 11.3 Å². The molecule has 1 aromatic heterocycles.